The van der Waals surface area contributed by atoms with Crippen LogP contribution in [0.2, 0.25) is 5.02 Å². The van der Waals surface area contributed by atoms with Crippen molar-refractivity contribution in [2.45, 2.75) is 6.42 Å². The Morgan fingerprint density at radius 2 is 1.71 bits per heavy atom. The van der Waals surface area contributed by atoms with E-state index < -0.39 is 0 Å². The molecule has 1 saturated heterocycles. The van der Waals surface area contributed by atoms with Crippen LogP contribution in [0.5, 0.6) is 0 Å². The number of hydrogen-bond acceptors (Lipinski definition) is 8. The lowest BCUT2D eigenvalue weighted by Gasteiger charge is -2.35. The van der Waals surface area contributed by atoms with Gasteiger partial charge in [0.25, 0.3) is 0 Å². The molecule has 1 aliphatic rings. The van der Waals surface area contributed by atoms with Gasteiger partial charge in [-0.3, -0.25) is 0 Å². The summed E-state index contributed by atoms with van der Waals surface area (Å²) in [7, 11) is 3.91. The van der Waals surface area contributed by atoms with Crippen LogP contribution < -0.4 is 14.7 Å². The smallest absolute Gasteiger partial charge is 0.226 e. The highest BCUT2D eigenvalue weighted by molar-refractivity contribution is 7.15. The van der Waals surface area contributed by atoms with Crippen LogP contribution in [0.1, 0.15) is 10.6 Å². The van der Waals surface area contributed by atoms with Crippen molar-refractivity contribution in [2.24, 2.45) is 0 Å². The number of piperazine rings is 1. The van der Waals surface area contributed by atoms with Crippen LogP contribution in [0.15, 0.2) is 36.5 Å². The molecule has 0 saturated carbocycles. The zero-order chi connectivity index (χ0) is 19.5. The van der Waals surface area contributed by atoms with Gasteiger partial charge in [-0.25, -0.2) is 4.98 Å². The summed E-state index contributed by atoms with van der Waals surface area (Å²) in [5.74, 6) is 1.70. The Bertz CT molecular complexity index is 920. The number of rotatable bonds is 5. The summed E-state index contributed by atoms with van der Waals surface area (Å²) in [5.41, 5.74) is 1.19. The van der Waals surface area contributed by atoms with Crippen molar-refractivity contribution in [3.8, 4) is 0 Å². The van der Waals surface area contributed by atoms with Crippen molar-refractivity contribution in [3.05, 3.63) is 52.1 Å². The molecular formula is C19H22ClN7S. The van der Waals surface area contributed by atoms with Crippen LogP contribution in [-0.4, -0.2) is 60.4 Å². The fraction of sp³-hybridized carbons (Fsp3) is 0.368. The number of nitrogens with zero attached hydrogens (tertiary/aromatic N) is 7. The first-order valence-corrected chi connectivity index (χ1v) is 10.3. The van der Waals surface area contributed by atoms with E-state index in [1.807, 2.05) is 55.5 Å². The molecule has 0 N–H and O–H groups in total. The van der Waals surface area contributed by atoms with Gasteiger partial charge in [-0.15, -0.1) is 10.2 Å². The second-order valence-electron chi connectivity index (χ2n) is 6.86. The van der Waals surface area contributed by atoms with E-state index in [2.05, 4.69) is 30.0 Å². The maximum absolute atomic E-state index is 5.95. The highest BCUT2D eigenvalue weighted by Gasteiger charge is 2.21. The summed E-state index contributed by atoms with van der Waals surface area (Å²) in [6.07, 6.45) is 2.60. The Labute approximate surface area is 173 Å². The standard InChI is InChI=1S/C19H22ClN7S/c1-25(2)18-21-8-7-16(22-18)26-9-11-27(12-10-26)19-24-23-17(28-19)13-14-3-5-15(20)6-4-14/h3-8H,9-13H2,1-2H3. The first-order chi connectivity index (χ1) is 13.6. The zero-order valence-corrected chi connectivity index (χ0v) is 17.5. The molecule has 3 aromatic rings. The molecule has 146 valence electrons. The van der Waals surface area contributed by atoms with Gasteiger partial charge in [-0.05, 0) is 23.8 Å². The summed E-state index contributed by atoms with van der Waals surface area (Å²) < 4.78 is 0. The third-order valence-electron chi connectivity index (χ3n) is 4.63. The van der Waals surface area contributed by atoms with Gasteiger partial charge in [-0.2, -0.15) is 4.98 Å². The maximum Gasteiger partial charge on any atom is 0.226 e. The highest BCUT2D eigenvalue weighted by atomic mass is 35.5. The van der Waals surface area contributed by atoms with E-state index in [0.717, 1.165) is 59.5 Å². The lowest BCUT2D eigenvalue weighted by atomic mass is 10.2. The van der Waals surface area contributed by atoms with Crippen molar-refractivity contribution in [2.75, 3.05) is 55.0 Å². The van der Waals surface area contributed by atoms with Crippen LogP contribution in [0.3, 0.4) is 0 Å². The van der Waals surface area contributed by atoms with Crippen LogP contribution in [0.4, 0.5) is 16.9 Å². The van der Waals surface area contributed by atoms with Crippen LogP contribution in [0, 0.1) is 0 Å². The number of aromatic nitrogens is 4. The Morgan fingerprint density at radius 1 is 1.00 bits per heavy atom. The number of hydrogen-bond donors (Lipinski definition) is 0. The minimum absolute atomic E-state index is 0.732. The molecule has 1 fully saturated rings. The molecule has 0 aliphatic carbocycles. The van der Waals surface area contributed by atoms with Gasteiger partial charge in [0.1, 0.15) is 10.8 Å². The molecule has 4 rings (SSSR count). The van der Waals surface area contributed by atoms with E-state index in [1.165, 1.54) is 5.56 Å². The second-order valence-corrected chi connectivity index (χ2v) is 8.34. The van der Waals surface area contributed by atoms with Crippen LogP contribution >= 0.6 is 22.9 Å². The SMILES string of the molecule is CN(C)c1nccc(N2CCN(c3nnc(Cc4ccc(Cl)cc4)s3)CC2)n1. The highest BCUT2D eigenvalue weighted by Crippen LogP contribution is 2.25. The lowest BCUT2D eigenvalue weighted by Crippen LogP contribution is -2.46. The fourth-order valence-corrected chi connectivity index (χ4v) is 4.13. The van der Waals surface area contributed by atoms with Gasteiger partial charge in [-0.1, -0.05) is 35.1 Å². The predicted octanol–water partition coefficient (Wildman–Crippen LogP) is 2.96. The summed E-state index contributed by atoms with van der Waals surface area (Å²) in [6.45, 7) is 3.60. The van der Waals surface area contributed by atoms with E-state index in [-0.39, 0.29) is 0 Å². The summed E-state index contributed by atoms with van der Waals surface area (Å²) in [6, 6.07) is 9.86. The first-order valence-electron chi connectivity index (χ1n) is 9.15. The summed E-state index contributed by atoms with van der Waals surface area (Å²) in [5, 5.41) is 11.5. The molecular weight excluding hydrogens is 394 g/mol. The Balaban J connectivity index is 1.37. The Kier molecular flexibility index (Phi) is 5.59. The molecule has 0 spiro atoms. The lowest BCUT2D eigenvalue weighted by molar-refractivity contribution is 0.643. The monoisotopic (exact) mass is 415 g/mol. The molecule has 9 heteroatoms. The molecule has 0 bridgehead atoms. The third-order valence-corrected chi connectivity index (χ3v) is 5.86. The third kappa shape index (κ3) is 4.34. The maximum atomic E-state index is 5.95. The normalized spacial score (nSPS) is 14.4. The zero-order valence-electron chi connectivity index (χ0n) is 15.9. The van der Waals surface area contributed by atoms with Gasteiger partial charge >= 0.3 is 0 Å². The minimum atomic E-state index is 0.732. The molecule has 28 heavy (non-hydrogen) atoms. The Hall–Kier alpha value is -2.45. The molecule has 0 unspecified atom stereocenters. The quantitative estimate of drug-likeness (QED) is 0.634. The topological polar surface area (TPSA) is 61.3 Å². The fourth-order valence-electron chi connectivity index (χ4n) is 3.08. The van der Waals surface area contributed by atoms with E-state index >= 15 is 0 Å². The van der Waals surface area contributed by atoms with Crippen LogP contribution in [0.25, 0.3) is 0 Å². The van der Waals surface area contributed by atoms with Gasteiger partial charge in [0, 0.05) is 57.9 Å². The molecule has 7 nitrogen and oxygen atoms in total. The molecule has 3 heterocycles. The average Bonchev–Trinajstić information content (AvgIpc) is 3.18. The van der Waals surface area contributed by atoms with Gasteiger partial charge in [0.05, 0.1) is 0 Å². The number of halogens is 1. The van der Waals surface area contributed by atoms with Crippen molar-refractivity contribution < 1.29 is 0 Å². The van der Waals surface area contributed by atoms with Crippen molar-refractivity contribution >= 4 is 39.8 Å². The minimum Gasteiger partial charge on any atom is -0.353 e. The van der Waals surface area contributed by atoms with Gasteiger partial charge in [0.15, 0.2) is 0 Å². The van der Waals surface area contributed by atoms with E-state index in [4.69, 9.17) is 11.6 Å². The molecule has 0 amide bonds. The predicted molar refractivity (Wildman–Crippen MR) is 115 cm³/mol. The van der Waals surface area contributed by atoms with Crippen molar-refractivity contribution in [1.29, 1.82) is 0 Å². The summed E-state index contributed by atoms with van der Waals surface area (Å²) >= 11 is 7.62. The van der Waals surface area contributed by atoms with Crippen molar-refractivity contribution in [1.82, 2.24) is 20.2 Å². The molecule has 1 aromatic carbocycles. The first kappa shape index (κ1) is 18.9. The van der Waals surface area contributed by atoms with E-state index in [9.17, 15) is 0 Å². The number of benzene rings is 1. The van der Waals surface area contributed by atoms with Crippen LogP contribution in [-0.2, 0) is 6.42 Å². The summed E-state index contributed by atoms with van der Waals surface area (Å²) in [4.78, 5) is 15.4. The van der Waals surface area contributed by atoms with E-state index in [1.54, 1.807) is 11.3 Å². The average molecular weight is 416 g/mol. The Morgan fingerprint density at radius 3 is 2.43 bits per heavy atom. The van der Waals surface area contributed by atoms with Crippen molar-refractivity contribution in [3.63, 3.8) is 0 Å². The second kappa shape index (κ2) is 8.28. The molecule has 2 aromatic heterocycles. The molecule has 0 atom stereocenters. The molecule has 1 aliphatic heterocycles. The number of anilines is 3. The van der Waals surface area contributed by atoms with Gasteiger partial charge in [0.2, 0.25) is 11.1 Å². The largest absolute Gasteiger partial charge is 0.353 e. The molecule has 0 radical (unpaired) electrons. The van der Waals surface area contributed by atoms with Gasteiger partial charge < -0.3 is 14.7 Å². The van der Waals surface area contributed by atoms with E-state index in [0.29, 0.717) is 0 Å².